The highest BCUT2D eigenvalue weighted by molar-refractivity contribution is 6.06. The maximum absolute atomic E-state index is 12.4. The minimum absolute atomic E-state index is 0.104. The summed E-state index contributed by atoms with van der Waals surface area (Å²) in [6.07, 6.45) is 3.31. The van der Waals surface area contributed by atoms with Gasteiger partial charge in [-0.2, -0.15) is 0 Å². The molecule has 1 amide bonds. The molecule has 1 aromatic carbocycles. The molecule has 0 aliphatic heterocycles. The average molecular weight is 270 g/mol. The van der Waals surface area contributed by atoms with Gasteiger partial charge in [0.25, 0.3) is 5.91 Å². The summed E-state index contributed by atoms with van der Waals surface area (Å²) >= 11 is 0. The molecule has 0 spiro atoms. The number of benzene rings is 1. The molecule has 0 aliphatic rings. The molecule has 0 bridgehead atoms. The number of hydrogen-bond donors (Lipinski definition) is 1. The number of anilines is 3. The van der Waals surface area contributed by atoms with Crippen LogP contribution in [-0.2, 0) is 0 Å². The van der Waals surface area contributed by atoms with E-state index in [1.165, 1.54) is 0 Å². The summed E-state index contributed by atoms with van der Waals surface area (Å²) in [5, 5.41) is 0. The number of carbonyl (C=O) groups is 1. The molecule has 0 atom stereocenters. The van der Waals surface area contributed by atoms with Gasteiger partial charge in [-0.1, -0.05) is 0 Å². The molecule has 0 saturated carbocycles. The highest BCUT2D eigenvalue weighted by Gasteiger charge is 2.14. The van der Waals surface area contributed by atoms with Crippen LogP contribution >= 0.6 is 0 Å². The molecule has 2 rings (SSSR count). The SMILES string of the molecule is CN(C)c1ccc(C(=O)N(C)c2ccncc2)cc1N. The van der Waals surface area contributed by atoms with E-state index in [9.17, 15) is 4.79 Å². The van der Waals surface area contributed by atoms with Gasteiger partial charge in [0.2, 0.25) is 0 Å². The highest BCUT2D eigenvalue weighted by Crippen LogP contribution is 2.23. The van der Waals surface area contributed by atoms with Gasteiger partial charge in [-0.05, 0) is 30.3 Å². The molecule has 2 N–H and O–H groups in total. The van der Waals surface area contributed by atoms with E-state index in [0.717, 1.165) is 11.4 Å². The number of rotatable bonds is 3. The molecule has 104 valence electrons. The number of nitrogens with two attached hydrogens (primary N) is 1. The Labute approximate surface area is 118 Å². The van der Waals surface area contributed by atoms with Gasteiger partial charge < -0.3 is 15.5 Å². The molecule has 1 heterocycles. The lowest BCUT2D eigenvalue weighted by atomic mass is 10.1. The van der Waals surface area contributed by atoms with Gasteiger partial charge in [-0.3, -0.25) is 9.78 Å². The molecule has 0 saturated heterocycles. The summed E-state index contributed by atoms with van der Waals surface area (Å²) in [7, 11) is 5.56. The summed E-state index contributed by atoms with van der Waals surface area (Å²) in [6, 6.07) is 8.91. The number of amides is 1. The van der Waals surface area contributed by atoms with Crippen molar-refractivity contribution in [3.63, 3.8) is 0 Å². The van der Waals surface area contributed by atoms with E-state index in [1.807, 2.05) is 25.1 Å². The molecule has 1 aromatic heterocycles. The van der Waals surface area contributed by atoms with Gasteiger partial charge in [-0.25, -0.2) is 0 Å². The number of nitrogens with zero attached hydrogens (tertiary/aromatic N) is 3. The van der Waals surface area contributed by atoms with E-state index >= 15 is 0 Å². The van der Waals surface area contributed by atoms with Crippen molar-refractivity contribution in [3.05, 3.63) is 48.3 Å². The molecule has 0 unspecified atom stereocenters. The Kier molecular flexibility index (Phi) is 3.89. The molecular formula is C15H18N4O. The molecule has 2 aromatic rings. The standard InChI is InChI=1S/C15H18N4O/c1-18(2)14-5-4-11(10-13(14)16)15(20)19(3)12-6-8-17-9-7-12/h4-10H,16H2,1-3H3. The third-order valence-corrected chi connectivity index (χ3v) is 3.11. The smallest absolute Gasteiger partial charge is 0.258 e. The molecule has 0 fully saturated rings. The molecule has 0 aliphatic carbocycles. The molecule has 5 heteroatoms. The maximum Gasteiger partial charge on any atom is 0.258 e. The Morgan fingerprint density at radius 2 is 1.75 bits per heavy atom. The average Bonchev–Trinajstić information content (AvgIpc) is 2.46. The van der Waals surface area contributed by atoms with Crippen LogP contribution in [0.15, 0.2) is 42.7 Å². The van der Waals surface area contributed by atoms with Crippen LogP contribution in [0.4, 0.5) is 17.1 Å². The minimum Gasteiger partial charge on any atom is -0.397 e. The Morgan fingerprint density at radius 3 is 2.30 bits per heavy atom. The highest BCUT2D eigenvalue weighted by atomic mass is 16.2. The topological polar surface area (TPSA) is 62.5 Å². The Hall–Kier alpha value is -2.56. The lowest BCUT2D eigenvalue weighted by Gasteiger charge is -2.19. The van der Waals surface area contributed by atoms with Crippen molar-refractivity contribution in [1.29, 1.82) is 0 Å². The van der Waals surface area contributed by atoms with Crippen molar-refractivity contribution in [2.45, 2.75) is 0 Å². The fourth-order valence-electron chi connectivity index (χ4n) is 1.97. The van der Waals surface area contributed by atoms with Crippen molar-refractivity contribution in [3.8, 4) is 0 Å². The van der Waals surface area contributed by atoms with Crippen molar-refractivity contribution in [1.82, 2.24) is 4.98 Å². The summed E-state index contributed by atoms with van der Waals surface area (Å²) in [6.45, 7) is 0. The number of pyridine rings is 1. The number of hydrogen-bond acceptors (Lipinski definition) is 4. The second-order valence-electron chi connectivity index (χ2n) is 4.74. The first-order valence-electron chi connectivity index (χ1n) is 6.25. The first-order chi connectivity index (χ1) is 9.50. The third kappa shape index (κ3) is 2.71. The molecule has 5 nitrogen and oxygen atoms in total. The molecule has 0 radical (unpaired) electrons. The first kappa shape index (κ1) is 13.9. The Morgan fingerprint density at radius 1 is 1.10 bits per heavy atom. The van der Waals surface area contributed by atoms with Gasteiger partial charge in [-0.15, -0.1) is 0 Å². The Balaban J connectivity index is 2.28. The zero-order valence-corrected chi connectivity index (χ0v) is 11.9. The van der Waals surface area contributed by atoms with Crippen LogP contribution in [-0.4, -0.2) is 32.0 Å². The van der Waals surface area contributed by atoms with E-state index in [1.54, 1.807) is 48.6 Å². The lowest BCUT2D eigenvalue weighted by Crippen LogP contribution is -2.26. The second kappa shape index (κ2) is 5.61. The van der Waals surface area contributed by atoms with Crippen LogP contribution in [0.2, 0.25) is 0 Å². The normalized spacial score (nSPS) is 10.2. The van der Waals surface area contributed by atoms with Gasteiger partial charge in [0.05, 0.1) is 11.4 Å². The summed E-state index contributed by atoms with van der Waals surface area (Å²) in [4.78, 5) is 19.8. The van der Waals surface area contributed by atoms with E-state index in [2.05, 4.69) is 4.98 Å². The van der Waals surface area contributed by atoms with Crippen molar-refractivity contribution in [2.24, 2.45) is 0 Å². The number of nitrogen functional groups attached to an aromatic ring is 1. The summed E-state index contributed by atoms with van der Waals surface area (Å²) < 4.78 is 0. The van der Waals surface area contributed by atoms with E-state index < -0.39 is 0 Å². The lowest BCUT2D eigenvalue weighted by molar-refractivity contribution is 0.0993. The number of aromatic nitrogens is 1. The minimum atomic E-state index is -0.104. The van der Waals surface area contributed by atoms with E-state index in [0.29, 0.717) is 11.3 Å². The van der Waals surface area contributed by atoms with Crippen LogP contribution in [0.25, 0.3) is 0 Å². The van der Waals surface area contributed by atoms with Crippen LogP contribution in [0.5, 0.6) is 0 Å². The van der Waals surface area contributed by atoms with E-state index in [4.69, 9.17) is 5.73 Å². The quantitative estimate of drug-likeness (QED) is 0.867. The first-order valence-corrected chi connectivity index (χ1v) is 6.25. The fraction of sp³-hybridized carbons (Fsp3) is 0.200. The third-order valence-electron chi connectivity index (χ3n) is 3.11. The van der Waals surface area contributed by atoms with Crippen LogP contribution < -0.4 is 15.5 Å². The van der Waals surface area contributed by atoms with Crippen LogP contribution in [0.1, 0.15) is 10.4 Å². The predicted octanol–water partition coefficient (Wildman–Crippen LogP) is 2.01. The van der Waals surface area contributed by atoms with Crippen molar-refractivity contribution < 1.29 is 4.79 Å². The van der Waals surface area contributed by atoms with Crippen molar-refractivity contribution in [2.75, 3.05) is 36.7 Å². The maximum atomic E-state index is 12.4. The molecule has 20 heavy (non-hydrogen) atoms. The summed E-state index contributed by atoms with van der Waals surface area (Å²) in [5.74, 6) is -0.104. The van der Waals surface area contributed by atoms with Crippen LogP contribution in [0.3, 0.4) is 0 Å². The van der Waals surface area contributed by atoms with Gasteiger partial charge in [0.1, 0.15) is 0 Å². The number of carbonyl (C=O) groups excluding carboxylic acids is 1. The zero-order chi connectivity index (χ0) is 14.7. The van der Waals surface area contributed by atoms with Gasteiger partial charge in [0.15, 0.2) is 0 Å². The summed E-state index contributed by atoms with van der Waals surface area (Å²) in [5.41, 5.74) is 8.81. The predicted molar refractivity (Wildman–Crippen MR) is 82.2 cm³/mol. The largest absolute Gasteiger partial charge is 0.397 e. The fourth-order valence-corrected chi connectivity index (χ4v) is 1.97. The van der Waals surface area contributed by atoms with Gasteiger partial charge >= 0.3 is 0 Å². The van der Waals surface area contributed by atoms with Crippen molar-refractivity contribution >= 4 is 23.0 Å². The zero-order valence-electron chi connectivity index (χ0n) is 11.9. The van der Waals surface area contributed by atoms with Crippen LogP contribution in [0, 0.1) is 0 Å². The monoisotopic (exact) mass is 270 g/mol. The molecular weight excluding hydrogens is 252 g/mol. The van der Waals surface area contributed by atoms with E-state index in [-0.39, 0.29) is 5.91 Å². The Bertz CT molecular complexity index is 611. The van der Waals surface area contributed by atoms with Gasteiger partial charge in [0, 0.05) is 44.8 Å². The second-order valence-corrected chi connectivity index (χ2v) is 4.74.